The molecular formula is C29H41N5O21P2. The van der Waals surface area contributed by atoms with Gasteiger partial charge in [-0.1, -0.05) is 0 Å². The third-order valence-electron chi connectivity index (χ3n) is 7.91. The van der Waals surface area contributed by atoms with Crippen molar-refractivity contribution in [1.29, 1.82) is 0 Å². The van der Waals surface area contributed by atoms with E-state index in [9.17, 15) is 42.9 Å². The number of anilines is 1. The van der Waals surface area contributed by atoms with Gasteiger partial charge in [-0.2, -0.15) is 4.31 Å². The van der Waals surface area contributed by atoms with Crippen molar-refractivity contribution in [2.24, 2.45) is 0 Å². The van der Waals surface area contributed by atoms with E-state index in [2.05, 4.69) is 19.3 Å². The molecule has 12 atom stereocenters. The van der Waals surface area contributed by atoms with Gasteiger partial charge in [-0.15, -0.1) is 0 Å². The molecule has 4 heterocycles. The summed E-state index contributed by atoms with van der Waals surface area (Å²) in [5.41, 5.74) is 6.38. The van der Waals surface area contributed by atoms with E-state index in [0.29, 0.717) is 0 Å². The summed E-state index contributed by atoms with van der Waals surface area (Å²) in [4.78, 5) is 94.0. The number of ether oxygens (including phenoxy) is 9. The van der Waals surface area contributed by atoms with Crippen LogP contribution in [0.1, 0.15) is 40.8 Å². The van der Waals surface area contributed by atoms with E-state index < -0.39 is 120 Å². The standard InChI is InChI=1S/C29H41N5O21P2/c1-12(35)46-8-17(48-13(2)36)21-22(49-14(3)37)23(50-15(4)38)25(51-16(5)39)29(53-21)54-57(42,43)55-56(40,41)47-9-18-20(44-6)24(45-7)28(52-18)34-11-33-19-26(30)31-10-32-27(19)34/h10-11,17-18,20-25,28-29H,8-9H2,1-7H3,(H,40,41)(H,42,43)(H2,30,31,32)/t17-,18-,20?,21?,22-,23?,24?,25?,28-,29+/m1/s1. The number of nitrogens with two attached hydrogens (primary N) is 1. The average Bonchev–Trinajstić information content (AvgIpc) is 3.68. The Morgan fingerprint density at radius 2 is 1.42 bits per heavy atom. The average molecular weight is 858 g/mol. The lowest BCUT2D eigenvalue weighted by molar-refractivity contribution is -0.301. The second-order valence-electron chi connectivity index (χ2n) is 12.1. The van der Waals surface area contributed by atoms with Crippen LogP contribution < -0.4 is 5.73 Å². The van der Waals surface area contributed by atoms with Crippen LogP contribution in [0.5, 0.6) is 0 Å². The van der Waals surface area contributed by atoms with E-state index >= 15 is 0 Å². The van der Waals surface area contributed by atoms with Crippen molar-refractivity contribution in [3.63, 3.8) is 0 Å². The smallest absolute Gasteiger partial charge is 0.462 e. The Hall–Kier alpha value is -4.20. The van der Waals surface area contributed by atoms with Gasteiger partial charge in [0.2, 0.25) is 6.29 Å². The molecule has 2 aliphatic rings. The van der Waals surface area contributed by atoms with Crippen molar-refractivity contribution >= 4 is 62.5 Å². The van der Waals surface area contributed by atoms with Crippen molar-refractivity contribution in [3.05, 3.63) is 12.7 Å². The Morgan fingerprint density at radius 1 is 0.807 bits per heavy atom. The summed E-state index contributed by atoms with van der Waals surface area (Å²) < 4.78 is 91.3. The molecule has 0 bridgehead atoms. The number of methoxy groups -OCH3 is 2. The van der Waals surface area contributed by atoms with Crippen LogP contribution in [-0.2, 0) is 89.1 Å². The molecule has 2 aromatic heterocycles. The number of imidazole rings is 1. The van der Waals surface area contributed by atoms with Crippen LogP contribution in [0, 0.1) is 0 Å². The second-order valence-corrected chi connectivity index (χ2v) is 15.1. The molecule has 57 heavy (non-hydrogen) atoms. The van der Waals surface area contributed by atoms with Crippen LogP contribution in [-0.4, -0.2) is 142 Å². The first-order valence-corrected chi connectivity index (χ1v) is 19.5. The molecule has 0 aromatic carbocycles. The van der Waals surface area contributed by atoms with Gasteiger partial charge in [0, 0.05) is 48.8 Å². The number of carbonyl (C=O) groups excluding carboxylic acids is 5. The molecule has 2 saturated heterocycles. The fourth-order valence-electron chi connectivity index (χ4n) is 5.93. The first kappa shape index (κ1) is 45.5. The minimum absolute atomic E-state index is 0.0774. The third kappa shape index (κ3) is 11.7. The van der Waals surface area contributed by atoms with Gasteiger partial charge in [0.15, 0.2) is 42.1 Å². The van der Waals surface area contributed by atoms with Crippen molar-refractivity contribution in [1.82, 2.24) is 19.5 Å². The van der Waals surface area contributed by atoms with Crippen LogP contribution in [0.4, 0.5) is 5.82 Å². The minimum atomic E-state index is -5.90. The molecule has 2 aromatic rings. The van der Waals surface area contributed by atoms with Crippen molar-refractivity contribution < 1.29 is 98.9 Å². The van der Waals surface area contributed by atoms with Crippen LogP contribution in [0.3, 0.4) is 0 Å². The van der Waals surface area contributed by atoms with Gasteiger partial charge in [-0.25, -0.2) is 24.1 Å². The van der Waals surface area contributed by atoms with E-state index in [0.717, 1.165) is 34.6 Å². The maximum absolute atomic E-state index is 13.4. The topological polar surface area (TPSA) is 340 Å². The molecule has 0 spiro atoms. The number of nitrogens with zero attached hydrogens (tertiary/aromatic N) is 4. The van der Waals surface area contributed by atoms with Gasteiger partial charge in [0.05, 0.1) is 12.9 Å². The monoisotopic (exact) mass is 857 g/mol. The van der Waals surface area contributed by atoms with Crippen molar-refractivity contribution in [2.45, 2.75) is 96.0 Å². The third-order valence-corrected chi connectivity index (χ3v) is 10.5. The lowest BCUT2D eigenvalue weighted by Crippen LogP contribution is -2.65. The van der Waals surface area contributed by atoms with Gasteiger partial charge in [-0.3, -0.25) is 37.6 Å². The number of aromatic nitrogens is 4. The molecule has 4 rings (SSSR count). The Labute approximate surface area is 322 Å². The van der Waals surface area contributed by atoms with E-state index in [-0.39, 0.29) is 17.0 Å². The maximum atomic E-state index is 13.4. The van der Waals surface area contributed by atoms with Crippen molar-refractivity contribution in [3.8, 4) is 0 Å². The number of hydrogen-bond acceptors (Lipinski definition) is 23. The highest BCUT2D eigenvalue weighted by molar-refractivity contribution is 7.61. The number of nitrogen functional groups attached to an aromatic ring is 1. The van der Waals surface area contributed by atoms with Crippen LogP contribution in [0.2, 0.25) is 0 Å². The summed E-state index contributed by atoms with van der Waals surface area (Å²) in [5.74, 6) is -5.01. The molecule has 2 aliphatic heterocycles. The largest absolute Gasteiger partial charge is 0.483 e. The molecule has 2 fully saturated rings. The first-order valence-electron chi connectivity index (χ1n) is 16.5. The van der Waals surface area contributed by atoms with Crippen LogP contribution in [0.25, 0.3) is 11.2 Å². The summed E-state index contributed by atoms with van der Waals surface area (Å²) in [7, 11) is -8.91. The van der Waals surface area contributed by atoms with E-state index in [1.807, 2.05) is 0 Å². The highest BCUT2D eigenvalue weighted by atomic mass is 31.3. The molecule has 318 valence electrons. The molecule has 7 unspecified atom stereocenters. The highest BCUT2D eigenvalue weighted by Gasteiger charge is 2.58. The molecular weight excluding hydrogens is 816 g/mol. The lowest BCUT2D eigenvalue weighted by atomic mass is 9.94. The molecule has 4 N–H and O–H groups in total. The molecule has 0 aliphatic carbocycles. The van der Waals surface area contributed by atoms with Gasteiger partial charge in [0.1, 0.15) is 42.9 Å². The maximum Gasteiger partial charge on any atom is 0.483 e. The second kappa shape index (κ2) is 19.0. The molecule has 28 heteroatoms. The minimum Gasteiger partial charge on any atom is -0.462 e. The number of esters is 5. The van der Waals surface area contributed by atoms with Gasteiger partial charge in [0.25, 0.3) is 0 Å². The molecule has 26 nitrogen and oxygen atoms in total. The SMILES string of the molecule is COC1C(OC)[C@@H](COP(=O)(O)OP(=O)(O)O[C@@H]2OC([C@@H](COC(C)=O)OC(C)=O)[C@@H](OC(C)=O)C(OC(C)=O)C2OC(C)=O)O[C@H]1n1cnc2c(N)ncnc21. The van der Waals surface area contributed by atoms with Gasteiger partial charge < -0.3 is 58.2 Å². The quantitative estimate of drug-likeness (QED) is 0.103. The number of phosphoric ester groups is 2. The van der Waals surface area contributed by atoms with E-state index in [4.69, 9.17) is 57.4 Å². The molecule has 0 amide bonds. The number of hydrogen-bond donors (Lipinski definition) is 3. The molecule has 0 radical (unpaired) electrons. The Balaban J connectivity index is 1.59. The van der Waals surface area contributed by atoms with Gasteiger partial charge in [-0.05, 0) is 0 Å². The van der Waals surface area contributed by atoms with Gasteiger partial charge >= 0.3 is 45.5 Å². The number of phosphoric acid groups is 2. The summed E-state index contributed by atoms with van der Waals surface area (Å²) >= 11 is 0. The van der Waals surface area contributed by atoms with Crippen LogP contribution in [0.15, 0.2) is 12.7 Å². The Kier molecular flexibility index (Phi) is 15.2. The zero-order valence-electron chi connectivity index (χ0n) is 31.3. The van der Waals surface area contributed by atoms with Crippen molar-refractivity contribution in [2.75, 3.05) is 33.2 Å². The Bertz CT molecular complexity index is 1900. The lowest BCUT2D eigenvalue weighted by Gasteiger charge is -2.45. The number of rotatable bonds is 17. The number of carbonyl (C=O) groups is 5. The summed E-state index contributed by atoms with van der Waals surface area (Å²) in [6, 6.07) is 0. The Morgan fingerprint density at radius 3 is 2.00 bits per heavy atom. The zero-order valence-corrected chi connectivity index (χ0v) is 33.0. The van der Waals surface area contributed by atoms with Crippen LogP contribution >= 0.6 is 15.6 Å². The normalized spacial score (nSPS) is 28.7. The van der Waals surface area contributed by atoms with E-state index in [1.165, 1.54) is 31.4 Å². The summed E-state index contributed by atoms with van der Waals surface area (Å²) in [5, 5.41) is 0. The first-order chi connectivity index (χ1) is 26.7. The highest BCUT2D eigenvalue weighted by Crippen LogP contribution is 2.62. The molecule has 0 saturated carbocycles. The summed E-state index contributed by atoms with van der Waals surface area (Å²) in [6.07, 6.45) is -13.5. The predicted molar refractivity (Wildman–Crippen MR) is 181 cm³/mol. The fraction of sp³-hybridized carbons (Fsp3) is 0.655. The fourth-order valence-corrected chi connectivity index (χ4v) is 8.08. The predicted octanol–water partition coefficient (Wildman–Crippen LogP) is -0.399. The summed E-state index contributed by atoms with van der Waals surface area (Å²) in [6.45, 7) is 3.05. The zero-order chi connectivity index (χ0) is 42.4. The van der Waals surface area contributed by atoms with E-state index in [1.54, 1.807) is 0 Å². The number of fused-ring (bicyclic) bond motifs is 1.